The summed E-state index contributed by atoms with van der Waals surface area (Å²) in [6.07, 6.45) is 2.50. The van der Waals surface area contributed by atoms with E-state index in [1.54, 1.807) is 34.6 Å². The molecular weight excluding hydrogens is 743 g/mol. The molecule has 0 radical (unpaired) electrons. The van der Waals surface area contributed by atoms with E-state index in [4.69, 9.17) is 9.47 Å². The van der Waals surface area contributed by atoms with Crippen LogP contribution in [0.3, 0.4) is 0 Å². The van der Waals surface area contributed by atoms with E-state index in [0.717, 1.165) is 18.4 Å². The zero-order chi connectivity index (χ0) is 43.3. The van der Waals surface area contributed by atoms with Crippen molar-refractivity contribution < 1.29 is 43.0 Å². The van der Waals surface area contributed by atoms with E-state index in [0.29, 0.717) is 38.5 Å². The Kier molecular flexibility index (Phi) is 18.2. The Labute approximate surface area is 345 Å². The van der Waals surface area contributed by atoms with Gasteiger partial charge in [-0.05, 0) is 63.4 Å². The first kappa shape index (κ1) is 47.9. The van der Waals surface area contributed by atoms with Gasteiger partial charge in [0.05, 0.1) is 5.41 Å². The lowest BCUT2D eigenvalue weighted by Crippen LogP contribution is -2.59. The first-order valence-electron chi connectivity index (χ1n) is 21.3. The molecule has 0 aromatic heterocycles. The number of rotatable bonds is 11. The monoisotopic (exact) mass is 812 g/mol. The summed E-state index contributed by atoms with van der Waals surface area (Å²) in [6.45, 7) is 16.0. The number of nitrogens with one attached hydrogen (secondary N) is 3. The van der Waals surface area contributed by atoms with Gasteiger partial charge in [-0.15, -0.1) is 0 Å². The van der Waals surface area contributed by atoms with Crippen molar-refractivity contribution in [3.05, 3.63) is 35.9 Å². The lowest BCUT2D eigenvalue weighted by Gasteiger charge is -2.37. The Morgan fingerprint density at radius 2 is 1.47 bits per heavy atom. The number of esters is 2. The Bertz CT molecular complexity index is 1580. The summed E-state index contributed by atoms with van der Waals surface area (Å²) in [7, 11) is 1.49. The summed E-state index contributed by atoms with van der Waals surface area (Å²) in [4.78, 5) is 101. The van der Waals surface area contributed by atoms with Gasteiger partial charge >= 0.3 is 11.9 Å². The molecule has 8 atom stereocenters. The van der Waals surface area contributed by atoms with Crippen molar-refractivity contribution in [1.29, 1.82) is 0 Å². The molecule has 0 aliphatic carbocycles. The Balaban J connectivity index is 2.16. The molecule has 14 nitrogen and oxygen atoms in total. The maximum absolute atomic E-state index is 14.5. The van der Waals surface area contributed by atoms with Crippen LogP contribution in [0.2, 0.25) is 0 Å². The Morgan fingerprint density at radius 1 is 0.810 bits per heavy atom. The molecule has 2 heterocycles. The van der Waals surface area contributed by atoms with Crippen molar-refractivity contribution in [2.24, 2.45) is 23.2 Å². The summed E-state index contributed by atoms with van der Waals surface area (Å²) in [5.41, 5.74) is -0.570. The van der Waals surface area contributed by atoms with Crippen LogP contribution in [0.25, 0.3) is 0 Å². The standard InChI is InChI=1S/C44H69N5O9/c1-11-14-16-23-33-44(8,9)43(56)47-35(27(4)5)40(53)48(10)32(25-30-20-17-15-18-21-30)42(55)58-37(29(7)13-3)41(54)49-24-19-22-31(49)38(51)46-36(28(6)12-2)39(52)45-26-34(50)57-33/h15,17-18,20-21,27-29,31-33,35-37H,11-14,16,19,22-26H2,1-10H3,(H,45,52)(H,46,51)(H,47,56). The van der Waals surface area contributed by atoms with E-state index in [1.807, 2.05) is 58.0 Å². The van der Waals surface area contributed by atoms with Gasteiger partial charge in [0, 0.05) is 25.9 Å². The number of unbranched alkanes of at least 4 members (excludes halogenated alkanes) is 2. The zero-order valence-electron chi connectivity index (χ0n) is 36.4. The predicted molar refractivity (Wildman–Crippen MR) is 220 cm³/mol. The first-order chi connectivity index (χ1) is 27.4. The van der Waals surface area contributed by atoms with Crippen LogP contribution in [0, 0.1) is 23.2 Å². The molecule has 0 saturated carbocycles. The number of cyclic esters (lactones) is 2. The summed E-state index contributed by atoms with van der Waals surface area (Å²) < 4.78 is 12.1. The first-order valence-corrected chi connectivity index (χ1v) is 21.3. The van der Waals surface area contributed by atoms with Crippen LogP contribution < -0.4 is 16.0 Å². The van der Waals surface area contributed by atoms with E-state index in [2.05, 4.69) is 16.0 Å². The van der Waals surface area contributed by atoms with Crippen molar-refractivity contribution in [1.82, 2.24) is 25.8 Å². The largest absolute Gasteiger partial charge is 0.460 e. The molecule has 1 aromatic rings. The molecular formula is C44H69N5O9. The van der Waals surface area contributed by atoms with Gasteiger partial charge in [-0.25, -0.2) is 4.79 Å². The second kappa shape index (κ2) is 22.0. The van der Waals surface area contributed by atoms with Crippen LogP contribution in [-0.4, -0.2) is 108 Å². The number of likely N-dealkylation sites (N-methyl/N-ethyl adjacent to an activating group) is 1. The van der Waals surface area contributed by atoms with Gasteiger partial charge in [-0.1, -0.05) is 98.1 Å². The van der Waals surface area contributed by atoms with Crippen LogP contribution in [0.1, 0.15) is 119 Å². The Hall–Kier alpha value is -4.49. The number of ether oxygens (including phenoxy) is 2. The molecule has 58 heavy (non-hydrogen) atoms. The maximum Gasteiger partial charge on any atom is 0.329 e. The van der Waals surface area contributed by atoms with Crippen LogP contribution in [0.15, 0.2) is 30.3 Å². The molecule has 8 unspecified atom stereocenters. The van der Waals surface area contributed by atoms with Crippen molar-refractivity contribution in [2.75, 3.05) is 20.1 Å². The highest BCUT2D eigenvalue weighted by atomic mass is 16.6. The second-order valence-electron chi connectivity index (χ2n) is 17.1. The highest BCUT2D eigenvalue weighted by molar-refractivity contribution is 5.96. The van der Waals surface area contributed by atoms with Gasteiger partial charge in [0.2, 0.25) is 23.6 Å². The number of hydrogen-bond donors (Lipinski definition) is 3. The fourth-order valence-corrected chi connectivity index (χ4v) is 7.44. The third kappa shape index (κ3) is 12.3. The van der Waals surface area contributed by atoms with Crippen molar-refractivity contribution in [3.63, 3.8) is 0 Å². The molecule has 3 rings (SSSR count). The lowest BCUT2D eigenvalue weighted by molar-refractivity contribution is -0.170. The van der Waals surface area contributed by atoms with E-state index in [-0.39, 0.29) is 18.9 Å². The molecule has 2 saturated heterocycles. The summed E-state index contributed by atoms with van der Waals surface area (Å²) >= 11 is 0. The lowest BCUT2D eigenvalue weighted by atomic mass is 9.82. The summed E-state index contributed by atoms with van der Waals surface area (Å²) in [5.74, 6) is -5.47. The maximum atomic E-state index is 14.5. The average Bonchev–Trinajstić information content (AvgIpc) is 3.70. The van der Waals surface area contributed by atoms with E-state index >= 15 is 0 Å². The van der Waals surface area contributed by atoms with E-state index in [9.17, 15) is 33.6 Å². The van der Waals surface area contributed by atoms with Gasteiger partial charge in [-0.2, -0.15) is 0 Å². The number of hydrogen-bond acceptors (Lipinski definition) is 9. The second-order valence-corrected chi connectivity index (χ2v) is 17.1. The van der Waals surface area contributed by atoms with Gasteiger partial charge in [0.25, 0.3) is 5.91 Å². The molecule has 0 bridgehead atoms. The van der Waals surface area contributed by atoms with Gasteiger partial charge in [-0.3, -0.25) is 28.8 Å². The molecule has 2 aliphatic heterocycles. The third-order valence-electron chi connectivity index (χ3n) is 12.0. The summed E-state index contributed by atoms with van der Waals surface area (Å²) in [6, 6.07) is 4.92. The third-order valence-corrected chi connectivity index (χ3v) is 12.0. The number of carbonyl (C=O) groups is 7. The van der Waals surface area contributed by atoms with Gasteiger partial charge in [0.1, 0.15) is 36.8 Å². The quantitative estimate of drug-likeness (QED) is 0.217. The van der Waals surface area contributed by atoms with Crippen molar-refractivity contribution in [2.45, 2.75) is 156 Å². The number of fused-ring (bicyclic) bond motifs is 1. The minimum atomic E-state index is -1.32. The highest BCUT2D eigenvalue weighted by Crippen LogP contribution is 2.30. The fraction of sp³-hybridized carbons (Fsp3) is 0.705. The topological polar surface area (TPSA) is 181 Å². The van der Waals surface area contributed by atoms with Gasteiger partial charge in [0.15, 0.2) is 6.10 Å². The SMILES string of the molecule is CCCCCC1OC(=O)CNC(=O)C(C(C)CC)NC(=O)C2CCCN2C(=O)C(C(C)CC)OC(=O)C(Cc2ccccc2)N(C)C(=O)C(C(C)C)NC(=O)C1(C)C. The smallest absolute Gasteiger partial charge is 0.329 e. The fourth-order valence-electron chi connectivity index (χ4n) is 7.44. The van der Waals surface area contributed by atoms with Crippen LogP contribution in [0.4, 0.5) is 0 Å². The number of benzene rings is 1. The number of nitrogens with zero attached hydrogens (tertiary/aromatic N) is 2. The van der Waals surface area contributed by atoms with Crippen molar-refractivity contribution in [3.8, 4) is 0 Å². The molecule has 5 amide bonds. The molecule has 3 N–H and O–H groups in total. The molecule has 14 heteroatoms. The zero-order valence-corrected chi connectivity index (χ0v) is 36.4. The highest BCUT2D eigenvalue weighted by Gasteiger charge is 2.45. The van der Waals surface area contributed by atoms with Crippen molar-refractivity contribution >= 4 is 41.5 Å². The number of amides is 5. The Morgan fingerprint density at radius 3 is 2.07 bits per heavy atom. The minimum Gasteiger partial charge on any atom is -0.460 e. The molecule has 2 aliphatic rings. The molecule has 2 fully saturated rings. The summed E-state index contributed by atoms with van der Waals surface area (Å²) in [5, 5.41) is 8.39. The molecule has 1 aromatic carbocycles. The normalized spacial score (nSPS) is 27.0. The van der Waals surface area contributed by atoms with Crippen LogP contribution in [0.5, 0.6) is 0 Å². The van der Waals surface area contributed by atoms with E-state index < -0.39 is 102 Å². The molecule has 0 spiro atoms. The van der Waals surface area contributed by atoms with Crippen LogP contribution >= 0.6 is 0 Å². The number of carbonyl (C=O) groups excluding carboxylic acids is 7. The minimum absolute atomic E-state index is 0.0663. The van der Waals surface area contributed by atoms with E-state index in [1.165, 1.54) is 16.8 Å². The van der Waals surface area contributed by atoms with Gasteiger partial charge < -0.3 is 35.2 Å². The van der Waals surface area contributed by atoms with Crippen LogP contribution in [-0.2, 0) is 49.5 Å². The average molecular weight is 812 g/mol. The predicted octanol–water partition coefficient (Wildman–Crippen LogP) is 4.32. The molecule has 324 valence electrons.